The van der Waals surface area contributed by atoms with E-state index in [1.54, 1.807) is 20.8 Å². The number of thiophene rings is 1. The van der Waals surface area contributed by atoms with Gasteiger partial charge in [0, 0.05) is 4.88 Å². The molecule has 2 rings (SSSR count). The Labute approximate surface area is 131 Å². The Morgan fingerprint density at radius 2 is 2.10 bits per heavy atom. The molecule has 1 N–H and O–H groups in total. The van der Waals surface area contributed by atoms with Crippen LogP contribution in [-0.4, -0.2) is 22.8 Å². The second-order valence-electron chi connectivity index (χ2n) is 5.21. The van der Waals surface area contributed by atoms with Crippen LogP contribution in [0.15, 0.2) is 0 Å². The van der Waals surface area contributed by atoms with E-state index in [2.05, 4.69) is 21.2 Å². The zero-order valence-corrected chi connectivity index (χ0v) is 14.2. The largest absolute Gasteiger partial charge is 0.462 e. The Balaban J connectivity index is 2.34. The maximum Gasteiger partial charge on any atom is 0.341 e. The van der Waals surface area contributed by atoms with Crippen LogP contribution >= 0.6 is 27.3 Å². The lowest BCUT2D eigenvalue weighted by Gasteiger charge is -2.16. The smallest absolute Gasteiger partial charge is 0.341 e. The first-order chi connectivity index (χ1) is 9.34. The van der Waals surface area contributed by atoms with Gasteiger partial charge in [0.05, 0.1) is 16.5 Å². The molecular weight excluding hydrogens is 342 g/mol. The molecule has 1 aromatic heterocycles. The van der Waals surface area contributed by atoms with Crippen molar-refractivity contribution in [1.82, 2.24) is 0 Å². The second-order valence-corrected chi connectivity index (χ2v) is 8.30. The molecule has 0 spiro atoms. The molecule has 0 atom stereocenters. The van der Waals surface area contributed by atoms with Gasteiger partial charge < -0.3 is 10.1 Å². The van der Waals surface area contributed by atoms with Gasteiger partial charge in [0.2, 0.25) is 5.91 Å². The first-order valence-corrected chi connectivity index (χ1v) is 8.27. The predicted octanol–water partition coefficient (Wildman–Crippen LogP) is 3.53. The molecule has 1 amide bonds. The number of amides is 1. The fourth-order valence-corrected chi connectivity index (χ4v) is 3.53. The van der Waals surface area contributed by atoms with Crippen molar-refractivity contribution in [2.75, 3.05) is 11.9 Å². The van der Waals surface area contributed by atoms with Crippen LogP contribution in [0.1, 0.15) is 48.0 Å². The van der Waals surface area contributed by atoms with Crippen LogP contribution in [0.5, 0.6) is 0 Å². The maximum atomic E-state index is 12.1. The summed E-state index contributed by atoms with van der Waals surface area (Å²) in [5, 5.41) is 3.47. The zero-order chi connectivity index (χ0) is 14.9. The van der Waals surface area contributed by atoms with Crippen molar-refractivity contribution in [3.05, 3.63) is 16.0 Å². The van der Waals surface area contributed by atoms with Crippen LogP contribution in [-0.2, 0) is 22.4 Å². The van der Waals surface area contributed by atoms with Gasteiger partial charge in [0.15, 0.2) is 0 Å². The lowest BCUT2D eigenvalue weighted by Crippen LogP contribution is -2.31. The number of anilines is 1. The highest BCUT2D eigenvalue weighted by molar-refractivity contribution is 9.10. The molecule has 1 heterocycles. The second kappa shape index (κ2) is 5.85. The Hall–Kier alpha value is -0.880. The highest BCUT2D eigenvalue weighted by Gasteiger charge is 2.31. The monoisotopic (exact) mass is 359 g/mol. The molecule has 20 heavy (non-hydrogen) atoms. The fourth-order valence-electron chi connectivity index (χ4n) is 2.16. The number of aryl methyl sites for hydroxylation is 1. The molecule has 0 saturated heterocycles. The van der Waals surface area contributed by atoms with Crippen LogP contribution in [0.4, 0.5) is 5.00 Å². The van der Waals surface area contributed by atoms with Crippen molar-refractivity contribution < 1.29 is 14.3 Å². The number of nitrogens with one attached hydrogen (secondary N) is 1. The minimum Gasteiger partial charge on any atom is -0.462 e. The number of carbonyl (C=O) groups excluding carboxylic acids is 2. The average molecular weight is 360 g/mol. The van der Waals surface area contributed by atoms with Crippen molar-refractivity contribution in [1.29, 1.82) is 0 Å². The average Bonchev–Trinajstić information content (AvgIpc) is 2.87. The molecule has 1 aliphatic carbocycles. The Bertz CT molecular complexity index is 545. The van der Waals surface area contributed by atoms with Gasteiger partial charge >= 0.3 is 5.97 Å². The number of esters is 1. The molecule has 1 aliphatic rings. The molecule has 4 nitrogen and oxygen atoms in total. The van der Waals surface area contributed by atoms with Crippen LogP contribution < -0.4 is 5.32 Å². The van der Waals surface area contributed by atoms with Crippen LogP contribution in [0.2, 0.25) is 0 Å². The molecular formula is C14H18BrNO3S. The molecule has 1 aromatic rings. The van der Waals surface area contributed by atoms with Gasteiger partial charge in [-0.25, -0.2) is 4.79 Å². The lowest BCUT2D eigenvalue weighted by atomic mass is 10.1. The Morgan fingerprint density at radius 3 is 2.70 bits per heavy atom. The number of hydrogen-bond acceptors (Lipinski definition) is 4. The molecule has 0 saturated carbocycles. The number of hydrogen-bond donors (Lipinski definition) is 1. The van der Waals surface area contributed by atoms with E-state index in [1.165, 1.54) is 16.2 Å². The third-order valence-electron chi connectivity index (χ3n) is 3.17. The van der Waals surface area contributed by atoms with Gasteiger partial charge in [-0.05, 0) is 45.6 Å². The summed E-state index contributed by atoms with van der Waals surface area (Å²) < 4.78 is 4.45. The van der Waals surface area contributed by atoms with Crippen LogP contribution in [0.3, 0.4) is 0 Å². The molecule has 6 heteroatoms. The highest BCUT2D eigenvalue weighted by Crippen LogP contribution is 2.40. The summed E-state index contributed by atoms with van der Waals surface area (Å²) in [5.41, 5.74) is 1.60. The first kappa shape index (κ1) is 15.5. The highest BCUT2D eigenvalue weighted by atomic mass is 79.9. The minimum absolute atomic E-state index is 0.164. The first-order valence-electron chi connectivity index (χ1n) is 6.66. The zero-order valence-electron chi connectivity index (χ0n) is 11.8. The molecule has 0 bridgehead atoms. The molecule has 0 aromatic carbocycles. The maximum absolute atomic E-state index is 12.1. The van der Waals surface area contributed by atoms with E-state index in [1.807, 2.05) is 0 Å². The molecule has 0 unspecified atom stereocenters. The summed E-state index contributed by atoms with van der Waals surface area (Å²) in [4.78, 5) is 25.4. The number of alkyl halides is 1. The van der Waals surface area contributed by atoms with Crippen molar-refractivity contribution >= 4 is 44.1 Å². The normalized spacial score (nSPS) is 14.0. The van der Waals surface area contributed by atoms with Crippen molar-refractivity contribution in [3.8, 4) is 0 Å². The summed E-state index contributed by atoms with van der Waals surface area (Å²) in [6, 6.07) is 0. The molecule has 0 fully saturated rings. The van der Waals surface area contributed by atoms with E-state index < -0.39 is 4.32 Å². The van der Waals surface area contributed by atoms with Gasteiger partial charge in [-0.2, -0.15) is 0 Å². The summed E-state index contributed by atoms with van der Waals surface area (Å²) in [7, 11) is 0. The van der Waals surface area contributed by atoms with Gasteiger partial charge in [-0.1, -0.05) is 15.9 Å². The van der Waals surface area contributed by atoms with E-state index in [9.17, 15) is 9.59 Å². The topological polar surface area (TPSA) is 55.4 Å². The van der Waals surface area contributed by atoms with Crippen molar-refractivity contribution in [3.63, 3.8) is 0 Å². The predicted molar refractivity (Wildman–Crippen MR) is 83.9 cm³/mol. The number of ether oxygens (including phenoxy) is 1. The molecule has 110 valence electrons. The van der Waals surface area contributed by atoms with Gasteiger partial charge in [-0.15, -0.1) is 11.3 Å². The SMILES string of the molecule is CCOC(=O)c1c(NC(=O)C(C)(C)Br)sc2c1CCC2. The quantitative estimate of drug-likeness (QED) is 0.660. The van der Waals surface area contributed by atoms with Gasteiger partial charge in [0.1, 0.15) is 5.00 Å². The van der Waals surface area contributed by atoms with Crippen LogP contribution in [0.25, 0.3) is 0 Å². The van der Waals surface area contributed by atoms with E-state index in [0.717, 1.165) is 24.8 Å². The van der Waals surface area contributed by atoms with E-state index in [4.69, 9.17) is 4.74 Å². The number of fused-ring (bicyclic) bond motifs is 1. The third kappa shape index (κ3) is 3.06. The number of halogens is 1. The van der Waals surface area contributed by atoms with Gasteiger partial charge in [-0.3, -0.25) is 4.79 Å². The van der Waals surface area contributed by atoms with E-state index in [-0.39, 0.29) is 11.9 Å². The Kier molecular flexibility index (Phi) is 4.54. The minimum atomic E-state index is -0.673. The number of carbonyl (C=O) groups is 2. The standard InChI is InChI=1S/C14H18BrNO3S/c1-4-19-12(17)10-8-6-5-7-9(8)20-11(10)16-13(18)14(2,3)15/h4-7H2,1-3H3,(H,16,18). The van der Waals surface area contributed by atoms with E-state index in [0.29, 0.717) is 17.2 Å². The molecule has 0 radical (unpaired) electrons. The Morgan fingerprint density at radius 1 is 1.40 bits per heavy atom. The summed E-state index contributed by atoms with van der Waals surface area (Å²) >= 11 is 4.82. The third-order valence-corrected chi connectivity index (χ3v) is 4.74. The van der Waals surface area contributed by atoms with Crippen LogP contribution in [0, 0.1) is 0 Å². The lowest BCUT2D eigenvalue weighted by molar-refractivity contribution is -0.117. The van der Waals surface area contributed by atoms with Gasteiger partial charge in [0.25, 0.3) is 0 Å². The fraction of sp³-hybridized carbons (Fsp3) is 0.571. The summed E-state index contributed by atoms with van der Waals surface area (Å²) in [5.74, 6) is -0.502. The summed E-state index contributed by atoms with van der Waals surface area (Å²) in [6.45, 7) is 5.66. The van der Waals surface area contributed by atoms with Crippen molar-refractivity contribution in [2.45, 2.75) is 44.4 Å². The van der Waals surface area contributed by atoms with E-state index >= 15 is 0 Å². The number of rotatable bonds is 4. The molecule has 0 aliphatic heterocycles. The van der Waals surface area contributed by atoms with Crippen molar-refractivity contribution in [2.24, 2.45) is 0 Å². The summed E-state index contributed by atoms with van der Waals surface area (Å²) in [6.07, 6.45) is 2.92.